The van der Waals surface area contributed by atoms with Gasteiger partial charge >= 0.3 is 0 Å². The predicted octanol–water partition coefficient (Wildman–Crippen LogP) is 4.45. The van der Waals surface area contributed by atoms with Gasteiger partial charge in [0.1, 0.15) is 18.1 Å². The molecule has 0 spiro atoms. The Morgan fingerprint density at radius 3 is 2.60 bits per heavy atom. The summed E-state index contributed by atoms with van der Waals surface area (Å²) in [7, 11) is 1.57. The molecular formula is C15H11Cl2NO2. The summed E-state index contributed by atoms with van der Waals surface area (Å²) in [4.78, 5) is 0. The van der Waals surface area contributed by atoms with Gasteiger partial charge in [-0.15, -0.1) is 0 Å². The smallest absolute Gasteiger partial charge is 0.139 e. The summed E-state index contributed by atoms with van der Waals surface area (Å²) in [6.45, 7) is 0.235. The fourth-order valence-electron chi connectivity index (χ4n) is 1.70. The number of ether oxygens (including phenoxy) is 2. The maximum absolute atomic E-state index is 8.92. The molecule has 0 aliphatic heterocycles. The number of benzene rings is 2. The minimum Gasteiger partial charge on any atom is -0.496 e. The highest BCUT2D eigenvalue weighted by Gasteiger charge is 2.08. The average molecular weight is 308 g/mol. The first-order valence-electron chi connectivity index (χ1n) is 5.79. The van der Waals surface area contributed by atoms with Gasteiger partial charge in [0.2, 0.25) is 0 Å². The normalized spacial score (nSPS) is 9.90. The van der Waals surface area contributed by atoms with Crippen LogP contribution in [0.3, 0.4) is 0 Å². The molecule has 0 amide bonds. The van der Waals surface area contributed by atoms with Crippen LogP contribution in [0.25, 0.3) is 0 Å². The molecule has 0 bridgehead atoms. The molecule has 2 aromatic rings. The zero-order valence-electron chi connectivity index (χ0n) is 10.7. The van der Waals surface area contributed by atoms with E-state index in [-0.39, 0.29) is 6.61 Å². The highest BCUT2D eigenvalue weighted by molar-refractivity contribution is 6.34. The minimum atomic E-state index is 0.235. The third kappa shape index (κ3) is 3.36. The van der Waals surface area contributed by atoms with E-state index in [2.05, 4.69) is 6.07 Å². The molecular weight excluding hydrogens is 297 g/mol. The Hall–Kier alpha value is -1.89. The van der Waals surface area contributed by atoms with E-state index in [9.17, 15) is 0 Å². The van der Waals surface area contributed by atoms with Crippen LogP contribution in [0.1, 0.15) is 11.1 Å². The topological polar surface area (TPSA) is 42.2 Å². The zero-order chi connectivity index (χ0) is 14.5. The van der Waals surface area contributed by atoms with Crippen molar-refractivity contribution in [1.29, 1.82) is 5.26 Å². The molecule has 102 valence electrons. The van der Waals surface area contributed by atoms with Crippen LogP contribution >= 0.6 is 23.2 Å². The van der Waals surface area contributed by atoms with Crippen molar-refractivity contribution in [2.45, 2.75) is 6.61 Å². The molecule has 3 nitrogen and oxygen atoms in total. The molecule has 20 heavy (non-hydrogen) atoms. The van der Waals surface area contributed by atoms with Crippen molar-refractivity contribution in [3.05, 3.63) is 57.6 Å². The third-order valence-electron chi connectivity index (χ3n) is 2.69. The molecule has 0 unspecified atom stereocenters. The number of methoxy groups -OCH3 is 1. The largest absolute Gasteiger partial charge is 0.496 e. The lowest BCUT2D eigenvalue weighted by Crippen LogP contribution is -2.00. The van der Waals surface area contributed by atoms with E-state index in [1.54, 1.807) is 43.5 Å². The SMILES string of the molecule is COc1ccc(C#N)cc1COc1cc(Cl)ccc1Cl. The first-order valence-corrected chi connectivity index (χ1v) is 6.54. The monoisotopic (exact) mass is 307 g/mol. The molecule has 0 atom stereocenters. The van der Waals surface area contributed by atoms with Gasteiger partial charge in [-0.2, -0.15) is 5.26 Å². The standard InChI is InChI=1S/C15H11Cl2NO2/c1-19-14-5-2-10(8-18)6-11(14)9-20-15-7-12(16)3-4-13(15)17/h2-7H,9H2,1H3. The first-order chi connectivity index (χ1) is 9.63. The Balaban J connectivity index is 2.22. The lowest BCUT2D eigenvalue weighted by atomic mass is 10.1. The molecule has 0 fully saturated rings. The van der Waals surface area contributed by atoms with Crippen molar-refractivity contribution in [2.24, 2.45) is 0 Å². The molecule has 2 rings (SSSR count). The van der Waals surface area contributed by atoms with Crippen molar-refractivity contribution < 1.29 is 9.47 Å². The van der Waals surface area contributed by atoms with Crippen LogP contribution in [0.15, 0.2) is 36.4 Å². The van der Waals surface area contributed by atoms with Gasteiger partial charge in [0.05, 0.1) is 23.8 Å². The van der Waals surface area contributed by atoms with E-state index in [1.807, 2.05) is 0 Å². The number of nitrogens with zero attached hydrogens (tertiary/aromatic N) is 1. The van der Waals surface area contributed by atoms with Crippen LogP contribution in [0.2, 0.25) is 10.0 Å². The van der Waals surface area contributed by atoms with E-state index in [0.717, 1.165) is 5.56 Å². The van der Waals surface area contributed by atoms with Crippen molar-refractivity contribution >= 4 is 23.2 Å². The van der Waals surface area contributed by atoms with Gasteiger partial charge in [-0.1, -0.05) is 23.2 Å². The van der Waals surface area contributed by atoms with Gasteiger partial charge in [-0.3, -0.25) is 0 Å². The van der Waals surface area contributed by atoms with E-state index >= 15 is 0 Å². The molecule has 0 saturated carbocycles. The molecule has 0 heterocycles. The van der Waals surface area contributed by atoms with E-state index < -0.39 is 0 Å². The Labute approximate surface area is 127 Å². The van der Waals surface area contributed by atoms with Gasteiger partial charge in [0, 0.05) is 16.7 Å². The van der Waals surface area contributed by atoms with Crippen LogP contribution in [-0.4, -0.2) is 7.11 Å². The van der Waals surface area contributed by atoms with Crippen LogP contribution < -0.4 is 9.47 Å². The molecule has 0 N–H and O–H groups in total. The Morgan fingerprint density at radius 2 is 1.90 bits per heavy atom. The summed E-state index contributed by atoms with van der Waals surface area (Å²) < 4.78 is 10.9. The van der Waals surface area contributed by atoms with Crippen LogP contribution in [0.4, 0.5) is 0 Å². The van der Waals surface area contributed by atoms with Crippen LogP contribution in [0.5, 0.6) is 11.5 Å². The highest BCUT2D eigenvalue weighted by atomic mass is 35.5. The number of hydrogen-bond acceptors (Lipinski definition) is 3. The molecule has 0 saturated heterocycles. The third-order valence-corrected chi connectivity index (χ3v) is 3.23. The number of nitriles is 1. The Morgan fingerprint density at radius 1 is 1.10 bits per heavy atom. The maximum Gasteiger partial charge on any atom is 0.139 e. The molecule has 0 radical (unpaired) electrons. The van der Waals surface area contributed by atoms with Crippen molar-refractivity contribution in [2.75, 3.05) is 7.11 Å². The number of rotatable bonds is 4. The van der Waals surface area contributed by atoms with Crippen LogP contribution in [-0.2, 0) is 6.61 Å². The van der Waals surface area contributed by atoms with Crippen molar-refractivity contribution in [3.63, 3.8) is 0 Å². The predicted molar refractivity (Wildman–Crippen MR) is 78.5 cm³/mol. The number of halogens is 2. The summed E-state index contributed by atoms with van der Waals surface area (Å²) in [5.74, 6) is 1.14. The summed E-state index contributed by atoms with van der Waals surface area (Å²) in [6.07, 6.45) is 0. The summed E-state index contributed by atoms with van der Waals surface area (Å²) in [5.41, 5.74) is 1.31. The fourth-order valence-corrected chi connectivity index (χ4v) is 2.04. The lowest BCUT2D eigenvalue weighted by Gasteiger charge is -2.11. The summed E-state index contributed by atoms with van der Waals surface area (Å²) >= 11 is 11.9. The van der Waals surface area contributed by atoms with Crippen molar-refractivity contribution in [3.8, 4) is 17.6 Å². The van der Waals surface area contributed by atoms with Gasteiger partial charge in [-0.25, -0.2) is 0 Å². The Bertz CT molecular complexity index is 665. The van der Waals surface area contributed by atoms with E-state index in [4.69, 9.17) is 37.9 Å². The molecule has 5 heteroatoms. The molecule has 0 aromatic heterocycles. The molecule has 0 aliphatic carbocycles. The summed E-state index contributed by atoms with van der Waals surface area (Å²) in [6, 6.07) is 12.2. The van der Waals surface area contributed by atoms with E-state index in [0.29, 0.717) is 27.1 Å². The Kier molecular flexibility index (Phi) is 4.73. The zero-order valence-corrected chi connectivity index (χ0v) is 12.2. The van der Waals surface area contributed by atoms with E-state index in [1.165, 1.54) is 0 Å². The second-order valence-corrected chi connectivity index (χ2v) is 4.85. The molecule has 0 aliphatic rings. The fraction of sp³-hybridized carbons (Fsp3) is 0.133. The van der Waals surface area contributed by atoms with Gasteiger partial charge in [0.25, 0.3) is 0 Å². The van der Waals surface area contributed by atoms with Gasteiger partial charge in [0.15, 0.2) is 0 Å². The first kappa shape index (κ1) is 14.5. The molecule has 2 aromatic carbocycles. The minimum absolute atomic E-state index is 0.235. The lowest BCUT2D eigenvalue weighted by molar-refractivity contribution is 0.297. The highest BCUT2D eigenvalue weighted by Crippen LogP contribution is 2.29. The maximum atomic E-state index is 8.92. The van der Waals surface area contributed by atoms with Gasteiger partial charge in [-0.05, 0) is 30.3 Å². The van der Waals surface area contributed by atoms with Crippen molar-refractivity contribution in [1.82, 2.24) is 0 Å². The summed E-state index contributed by atoms with van der Waals surface area (Å²) in [5, 5.41) is 9.94. The quantitative estimate of drug-likeness (QED) is 0.838. The van der Waals surface area contributed by atoms with Crippen LogP contribution in [0, 0.1) is 11.3 Å². The average Bonchev–Trinajstić information content (AvgIpc) is 2.47. The second kappa shape index (κ2) is 6.51. The number of hydrogen-bond donors (Lipinski definition) is 0. The van der Waals surface area contributed by atoms with Gasteiger partial charge < -0.3 is 9.47 Å². The second-order valence-electron chi connectivity index (χ2n) is 4.00.